The molecule has 0 aliphatic carbocycles. The van der Waals surface area contributed by atoms with Gasteiger partial charge in [-0.1, -0.05) is 43.0 Å². The Morgan fingerprint density at radius 1 is 1.16 bits per heavy atom. The molecule has 2 aromatic rings. The van der Waals surface area contributed by atoms with Crippen LogP contribution in [0.15, 0.2) is 55.1 Å². The molecule has 2 aromatic carbocycles. The van der Waals surface area contributed by atoms with E-state index in [2.05, 4.69) is 6.58 Å². The maximum atomic E-state index is 12.3. The summed E-state index contributed by atoms with van der Waals surface area (Å²) in [7, 11) is 0. The third-order valence-corrected chi connectivity index (χ3v) is 3.72. The van der Waals surface area contributed by atoms with Gasteiger partial charge in [-0.15, -0.1) is 0 Å². The molecule has 0 saturated carbocycles. The van der Waals surface area contributed by atoms with E-state index in [0.717, 1.165) is 5.56 Å². The lowest BCUT2D eigenvalue weighted by atomic mass is 10.1. The van der Waals surface area contributed by atoms with E-state index in [1.165, 1.54) is 0 Å². The van der Waals surface area contributed by atoms with Crippen LogP contribution in [0.1, 0.15) is 21.5 Å². The highest BCUT2D eigenvalue weighted by molar-refractivity contribution is 5.94. The number of epoxide rings is 1. The monoisotopic (exact) mass is 338 g/mol. The van der Waals surface area contributed by atoms with Gasteiger partial charge in [0.15, 0.2) is 0 Å². The lowest BCUT2D eigenvalue weighted by molar-refractivity contribution is -0.143. The van der Waals surface area contributed by atoms with Gasteiger partial charge < -0.3 is 14.2 Å². The Morgan fingerprint density at radius 2 is 1.88 bits per heavy atom. The number of hydrogen-bond donors (Lipinski definition) is 0. The summed E-state index contributed by atoms with van der Waals surface area (Å²) in [6, 6.07) is 13.9. The fourth-order valence-corrected chi connectivity index (χ4v) is 2.27. The van der Waals surface area contributed by atoms with Crippen LogP contribution in [0, 0.1) is 0 Å². The van der Waals surface area contributed by atoms with Crippen LogP contribution in [0.4, 0.5) is 0 Å². The number of rotatable bonds is 7. The molecular weight excluding hydrogens is 320 g/mol. The molecule has 0 N–H and O–H groups in total. The summed E-state index contributed by atoms with van der Waals surface area (Å²) in [6.07, 6.45) is 1.84. The van der Waals surface area contributed by atoms with Crippen molar-refractivity contribution in [2.75, 3.05) is 13.2 Å². The van der Waals surface area contributed by atoms with Crippen molar-refractivity contribution in [2.24, 2.45) is 0 Å². The largest absolute Gasteiger partial charge is 0.463 e. The predicted molar refractivity (Wildman–Crippen MR) is 92.3 cm³/mol. The first kappa shape index (κ1) is 16.9. The van der Waals surface area contributed by atoms with Gasteiger partial charge in [-0.2, -0.15) is 0 Å². The minimum absolute atomic E-state index is 0.0594. The molecule has 0 amide bonds. The molecule has 25 heavy (non-hydrogen) atoms. The summed E-state index contributed by atoms with van der Waals surface area (Å²) in [4.78, 5) is 23.9. The Bertz CT molecular complexity index is 775. The minimum Gasteiger partial charge on any atom is -0.463 e. The smallest absolute Gasteiger partial charge is 0.344 e. The van der Waals surface area contributed by atoms with Gasteiger partial charge in [-0.05, 0) is 29.3 Å². The molecule has 128 valence electrons. The number of benzene rings is 2. The molecule has 5 heteroatoms. The Kier molecular flexibility index (Phi) is 5.26. The standard InChI is InChI=1S/C20H18O5/c1-2-15-5-3-4-6-18(15)20(22)25-16-9-7-14(8-10-16)11-19(21)24-13-17-12-23-17/h2-10,17H,1,11-13H2. The summed E-state index contributed by atoms with van der Waals surface area (Å²) in [5.41, 5.74) is 1.95. The zero-order valence-electron chi connectivity index (χ0n) is 13.6. The van der Waals surface area contributed by atoms with Crippen molar-refractivity contribution in [1.82, 2.24) is 0 Å². The van der Waals surface area contributed by atoms with Crippen molar-refractivity contribution in [2.45, 2.75) is 12.5 Å². The Balaban J connectivity index is 1.57. The summed E-state index contributed by atoms with van der Waals surface area (Å²) in [6.45, 7) is 4.65. The van der Waals surface area contributed by atoms with E-state index in [4.69, 9.17) is 14.2 Å². The van der Waals surface area contributed by atoms with Crippen LogP contribution >= 0.6 is 0 Å². The highest BCUT2D eigenvalue weighted by Crippen LogP contribution is 2.17. The van der Waals surface area contributed by atoms with Crippen LogP contribution in [-0.2, 0) is 20.7 Å². The Hall–Kier alpha value is -2.92. The third-order valence-electron chi connectivity index (χ3n) is 3.72. The molecule has 1 unspecified atom stereocenters. The molecule has 0 spiro atoms. The molecule has 0 bridgehead atoms. The van der Waals surface area contributed by atoms with Crippen molar-refractivity contribution in [3.63, 3.8) is 0 Å². The fraction of sp³-hybridized carbons (Fsp3) is 0.200. The van der Waals surface area contributed by atoms with Crippen molar-refractivity contribution in [3.05, 3.63) is 71.8 Å². The van der Waals surface area contributed by atoms with Crippen molar-refractivity contribution >= 4 is 18.0 Å². The molecule has 1 aliphatic heterocycles. The quantitative estimate of drug-likeness (QED) is 0.441. The average molecular weight is 338 g/mol. The zero-order chi connectivity index (χ0) is 17.6. The number of hydrogen-bond acceptors (Lipinski definition) is 5. The normalized spacial score (nSPS) is 15.3. The maximum absolute atomic E-state index is 12.3. The first-order valence-corrected chi connectivity index (χ1v) is 7.95. The Morgan fingerprint density at radius 3 is 2.56 bits per heavy atom. The number of ether oxygens (including phenoxy) is 3. The first-order chi connectivity index (χ1) is 12.2. The molecular formula is C20H18O5. The van der Waals surface area contributed by atoms with Crippen LogP contribution in [0.3, 0.4) is 0 Å². The van der Waals surface area contributed by atoms with E-state index in [0.29, 0.717) is 30.1 Å². The van der Waals surface area contributed by atoms with Gasteiger partial charge >= 0.3 is 11.9 Å². The summed E-state index contributed by atoms with van der Waals surface area (Å²) in [5.74, 6) is -0.348. The van der Waals surface area contributed by atoms with Gasteiger partial charge in [0.1, 0.15) is 18.5 Å². The second kappa shape index (κ2) is 7.77. The highest BCUT2D eigenvalue weighted by Gasteiger charge is 2.24. The lowest BCUT2D eigenvalue weighted by Crippen LogP contribution is -2.12. The number of carbonyl (C=O) groups is 2. The van der Waals surface area contributed by atoms with E-state index >= 15 is 0 Å². The van der Waals surface area contributed by atoms with Crippen LogP contribution < -0.4 is 4.74 Å². The van der Waals surface area contributed by atoms with Crippen molar-refractivity contribution in [1.29, 1.82) is 0 Å². The van der Waals surface area contributed by atoms with Gasteiger partial charge in [0.25, 0.3) is 0 Å². The minimum atomic E-state index is -0.452. The molecule has 1 aliphatic rings. The molecule has 1 heterocycles. The van der Waals surface area contributed by atoms with Crippen LogP contribution in [0.5, 0.6) is 5.75 Å². The third kappa shape index (κ3) is 4.78. The summed E-state index contributed by atoms with van der Waals surface area (Å²) < 4.78 is 15.4. The van der Waals surface area contributed by atoms with Gasteiger partial charge in [0.2, 0.25) is 0 Å². The first-order valence-electron chi connectivity index (χ1n) is 7.95. The van der Waals surface area contributed by atoms with Crippen molar-refractivity contribution in [3.8, 4) is 5.75 Å². The molecule has 3 rings (SSSR count). The molecule has 1 saturated heterocycles. The predicted octanol–water partition coefficient (Wildman–Crippen LogP) is 3.03. The highest BCUT2D eigenvalue weighted by atomic mass is 16.6. The topological polar surface area (TPSA) is 65.1 Å². The van der Waals surface area contributed by atoms with Crippen molar-refractivity contribution < 1.29 is 23.8 Å². The van der Waals surface area contributed by atoms with Crippen LogP contribution in [0.2, 0.25) is 0 Å². The van der Waals surface area contributed by atoms with Gasteiger partial charge in [-0.3, -0.25) is 4.79 Å². The lowest BCUT2D eigenvalue weighted by Gasteiger charge is -2.08. The summed E-state index contributed by atoms with van der Waals surface area (Å²) >= 11 is 0. The van der Waals surface area contributed by atoms with E-state index in [9.17, 15) is 9.59 Å². The second-order valence-corrected chi connectivity index (χ2v) is 5.64. The van der Waals surface area contributed by atoms with E-state index in [-0.39, 0.29) is 18.5 Å². The SMILES string of the molecule is C=Cc1ccccc1C(=O)Oc1ccc(CC(=O)OCC2CO2)cc1. The van der Waals surface area contributed by atoms with E-state index in [1.54, 1.807) is 48.5 Å². The second-order valence-electron chi connectivity index (χ2n) is 5.64. The summed E-state index contributed by atoms with van der Waals surface area (Å²) in [5, 5.41) is 0. The number of esters is 2. The Labute approximate surface area is 145 Å². The fourth-order valence-electron chi connectivity index (χ4n) is 2.27. The van der Waals surface area contributed by atoms with Gasteiger partial charge in [0.05, 0.1) is 18.6 Å². The van der Waals surface area contributed by atoms with Crippen LogP contribution in [0.25, 0.3) is 6.08 Å². The zero-order valence-corrected chi connectivity index (χ0v) is 13.6. The van der Waals surface area contributed by atoms with Gasteiger partial charge in [0, 0.05) is 0 Å². The van der Waals surface area contributed by atoms with Crippen LogP contribution in [-0.4, -0.2) is 31.3 Å². The molecule has 5 nitrogen and oxygen atoms in total. The molecule has 0 aromatic heterocycles. The molecule has 1 fully saturated rings. The van der Waals surface area contributed by atoms with Gasteiger partial charge in [-0.25, -0.2) is 4.79 Å². The average Bonchev–Trinajstić information content (AvgIpc) is 3.46. The maximum Gasteiger partial charge on any atom is 0.344 e. The number of carbonyl (C=O) groups excluding carboxylic acids is 2. The molecule has 0 radical (unpaired) electrons. The van der Waals surface area contributed by atoms with E-state index < -0.39 is 5.97 Å². The van der Waals surface area contributed by atoms with E-state index in [1.807, 2.05) is 6.07 Å². The molecule has 1 atom stereocenters.